The highest BCUT2D eigenvalue weighted by molar-refractivity contribution is 5.79. The smallest absolute Gasteiger partial charge is 0.225 e. The maximum atomic E-state index is 12.6. The third-order valence-electron chi connectivity index (χ3n) is 4.27. The normalized spacial score (nSPS) is 25.1. The molecule has 1 rings (SSSR count). The van der Waals surface area contributed by atoms with E-state index in [0.717, 1.165) is 38.8 Å². The molecular weight excluding hydrogens is 240 g/mol. The third kappa shape index (κ3) is 4.77. The van der Waals surface area contributed by atoms with Crippen molar-refractivity contribution in [3.05, 3.63) is 0 Å². The Labute approximate surface area is 117 Å². The molecular formula is C15H30N2O2. The van der Waals surface area contributed by atoms with E-state index in [1.54, 1.807) is 7.11 Å². The lowest BCUT2D eigenvalue weighted by molar-refractivity contribution is -0.140. The number of hydrogen-bond donors (Lipinski definition) is 1. The van der Waals surface area contributed by atoms with Gasteiger partial charge in [0.1, 0.15) is 0 Å². The van der Waals surface area contributed by atoms with Gasteiger partial charge in [-0.15, -0.1) is 0 Å². The number of ether oxygens (including phenoxy) is 1. The van der Waals surface area contributed by atoms with Gasteiger partial charge in [-0.2, -0.15) is 0 Å². The molecule has 4 heteroatoms. The molecule has 1 fully saturated rings. The van der Waals surface area contributed by atoms with E-state index in [-0.39, 0.29) is 12.0 Å². The molecule has 0 aliphatic heterocycles. The van der Waals surface area contributed by atoms with E-state index in [2.05, 4.69) is 6.92 Å². The lowest BCUT2D eigenvalue weighted by Crippen LogP contribution is -2.45. The summed E-state index contributed by atoms with van der Waals surface area (Å²) in [4.78, 5) is 14.6. The Hall–Kier alpha value is -0.610. The van der Waals surface area contributed by atoms with Crippen molar-refractivity contribution < 1.29 is 9.53 Å². The van der Waals surface area contributed by atoms with Crippen molar-refractivity contribution in [3.8, 4) is 0 Å². The molecule has 1 saturated carbocycles. The standard InChI is InChI=1S/C15H30N2O2/c1-4-17(12(2)11-19-3)15(18)14-7-5-6-13(10-14)8-9-16/h12-14H,4-11,16H2,1-3H3. The van der Waals surface area contributed by atoms with Gasteiger partial charge in [0.25, 0.3) is 0 Å². The molecule has 0 aromatic heterocycles. The molecule has 1 aliphatic rings. The van der Waals surface area contributed by atoms with E-state index in [1.807, 2.05) is 11.8 Å². The molecule has 0 aromatic rings. The van der Waals surface area contributed by atoms with Gasteiger partial charge in [0.05, 0.1) is 12.6 Å². The van der Waals surface area contributed by atoms with Crippen LogP contribution in [0.5, 0.6) is 0 Å². The first-order valence-corrected chi connectivity index (χ1v) is 7.63. The Morgan fingerprint density at radius 3 is 2.79 bits per heavy atom. The first-order chi connectivity index (χ1) is 9.13. The molecule has 1 amide bonds. The molecule has 112 valence electrons. The van der Waals surface area contributed by atoms with Crippen molar-refractivity contribution in [2.45, 2.75) is 52.0 Å². The molecule has 0 saturated heterocycles. The van der Waals surface area contributed by atoms with Crippen molar-refractivity contribution in [2.75, 3.05) is 26.8 Å². The lowest BCUT2D eigenvalue weighted by Gasteiger charge is -2.35. The summed E-state index contributed by atoms with van der Waals surface area (Å²) in [6.07, 6.45) is 5.52. The van der Waals surface area contributed by atoms with Gasteiger partial charge in [-0.1, -0.05) is 12.8 Å². The lowest BCUT2D eigenvalue weighted by atomic mass is 9.79. The Balaban J connectivity index is 2.58. The number of nitrogens with zero attached hydrogens (tertiary/aromatic N) is 1. The van der Waals surface area contributed by atoms with Gasteiger partial charge in [0.15, 0.2) is 0 Å². The highest BCUT2D eigenvalue weighted by Gasteiger charge is 2.31. The highest BCUT2D eigenvalue weighted by atomic mass is 16.5. The fourth-order valence-corrected chi connectivity index (χ4v) is 3.26. The van der Waals surface area contributed by atoms with Gasteiger partial charge >= 0.3 is 0 Å². The van der Waals surface area contributed by atoms with Crippen molar-refractivity contribution in [1.29, 1.82) is 0 Å². The summed E-state index contributed by atoms with van der Waals surface area (Å²) in [6.45, 7) is 6.22. The van der Waals surface area contributed by atoms with E-state index in [0.29, 0.717) is 18.4 Å². The first-order valence-electron chi connectivity index (χ1n) is 7.63. The molecule has 1 aliphatic carbocycles. The molecule has 0 bridgehead atoms. The van der Waals surface area contributed by atoms with Crippen LogP contribution < -0.4 is 5.73 Å². The summed E-state index contributed by atoms with van der Waals surface area (Å²) in [7, 11) is 1.69. The van der Waals surface area contributed by atoms with Crippen molar-refractivity contribution >= 4 is 5.91 Å². The maximum absolute atomic E-state index is 12.6. The summed E-state index contributed by atoms with van der Waals surface area (Å²) < 4.78 is 5.17. The molecule has 3 atom stereocenters. The van der Waals surface area contributed by atoms with E-state index in [4.69, 9.17) is 10.5 Å². The predicted octanol–water partition coefficient (Wildman–Crippen LogP) is 2.02. The van der Waals surface area contributed by atoms with Gasteiger partial charge in [-0.05, 0) is 45.6 Å². The Morgan fingerprint density at radius 2 is 2.21 bits per heavy atom. The monoisotopic (exact) mass is 270 g/mol. The molecule has 19 heavy (non-hydrogen) atoms. The summed E-state index contributed by atoms with van der Waals surface area (Å²) in [6, 6.07) is 0.164. The molecule has 0 heterocycles. The van der Waals surface area contributed by atoms with Crippen LogP contribution in [-0.4, -0.2) is 43.7 Å². The largest absolute Gasteiger partial charge is 0.383 e. The number of carbonyl (C=O) groups excluding carboxylic acids is 1. The minimum atomic E-state index is 0.164. The average Bonchev–Trinajstić information content (AvgIpc) is 2.40. The van der Waals surface area contributed by atoms with Crippen LogP contribution in [0.4, 0.5) is 0 Å². The van der Waals surface area contributed by atoms with Gasteiger partial charge in [-0.25, -0.2) is 0 Å². The molecule has 0 aromatic carbocycles. The molecule has 4 nitrogen and oxygen atoms in total. The van der Waals surface area contributed by atoms with Crippen LogP contribution in [0.15, 0.2) is 0 Å². The van der Waals surface area contributed by atoms with Crippen molar-refractivity contribution in [3.63, 3.8) is 0 Å². The molecule has 2 N–H and O–H groups in total. The van der Waals surface area contributed by atoms with Crippen LogP contribution in [0.25, 0.3) is 0 Å². The van der Waals surface area contributed by atoms with E-state index >= 15 is 0 Å². The van der Waals surface area contributed by atoms with Gasteiger partial charge in [0.2, 0.25) is 5.91 Å². The maximum Gasteiger partial charge on any atom is 0.225 e. The van der Waals surface area contributed by atoms with Gasteiger partial charge < -0.3 is 15.4 Å². The average molecular weight is 270 g/mol. The number of amides is 1. The first kappa shape index (κ1) is 16.4. The van der Waals surface area contributed by atoms with Gasteiger partial charge in [0, 0.05) is 19.6 Å². The Morgan fingerprint density at radius 1 is 1.47 bits per heavy atom. The van der Waals surface area contributed by atoms with Gasteiger partial charge in [-0.3, -0.25) is 4.79 Å². The molecule has 0 spiro atoms. The second-order valence-electron chi connectivity index (χ2n) is 5.74. The summed E-state index contributed by atoms with van der Waals surface area (Å²) >= 11 is 0. The summed E-state index contributed by atoms with van der Waals surface area (Å²) in [5.74, 6) is 1.16. The number of carbonyl (C=O) groups is 1. The fourth-order valence-electron chi connectivity index (χ4n) is 3.26. The van der Waals surface area contributed by atoms with Crippen LogP contribution in [0, 0.1) is 11.8 Å². The number of hydrogen-bond acceptors (Lipinski definition) is 3. The number of likely N-dealkylation sites (N-methyl/N-ethyl adjacent to an activating group) is 1. The summed E-state index contributed by atoms with van der Waals surface area (Å²) in [5.41, 5.74) is 5.64. The summed E-state index contributed by atoms with van der Waals surface area (Å²) in [5, 5.41) is 0. The van der Waals surface area contributed by atoms with Crippen molar-refractivity contribution in [1.82, 2.24) is 4.90 Å². The second-order valence-corrected chi connectivity index (χ2v) is 5.74. The zero-order valence-corrected chi connectivity index (χ0v) is 12.7. The van der Waals surface area contributed by atoms with Crippen LogP contribution in [0.1, 0.15) is 46.0 Å². The molecule has 3 unspecified atom stereocenters. The van der Waals surface area contributed by atoms with Crippen molar-refractivity contribution in [2.24, 2.45) is 17.6 Å². The zero-order chi connectivity index (χ0) is 14.3. The predicted molar refractivity (Wildman–Crippen MR) is 77.8 cm³/mol. The SMILES string of the molecule is CCN(C(=O)C1CCCC(CCN)C1)C(C)COC. The number of rotatable bonds is 7. The van der Waals surface area contributed by atoms with E-state index in [1.165, 1.54) is 6.42 Å². The Kier molecular flexibility index (Phi) is 7.39. The minimum absolute atomic E-state index is 0.164. The van der Waals surface area contributed by atoms with Crippen LogP contribution >= 0.6 is 0 Å². The Bertz CT molecular complexity index is 269. The molecule has 0 radical (unpaired) electrons. The number of nitrogens with two attached hydrogens (primary N) is 1. The van der Waals surface area contributed by atoms with Crippen LogP contribution in [0.3, 0.4) is 0 Å². The highest BCUT2D eigenvalue weighted by Crippen LogP contribution is 2.32. The third-order valence-corrected chi connectivity index (χ3v) is 4.27. The minimum Gasteiger partial charge on any atom is -0.383 e. The van der Waals surface area contributed by atoms with E-state index in [9.17, 15) is 4.79 Å². The van der Waals surface area contributed by atoms with Crippen LogP contribution in [-0.2, 0) is 9.53 Å². The van der Waals surface area contributed by atoms with Crippen LogP contribution in [0.2, 0.25) is 0 Å². The quantitative estimate of drug-likeness (QED) is 0.770. The second kappa shape index (κ2) is 8.54. The zero-order valence-electron chi connectivity index (χ0n) is 12.7. The fraction of sp³-hybridized carbons (Fsp3) is 0.933. The van der Waals surface area contributed by atoms with E-state index < -0.39 is 0 Å². The topological polar surface area (TPSA) is 55.6 Å². The number of methoxy groups -OCH3 is 1.